The molecule has 1 unspecified atom stereocenters. The van der Waals surface area contributed by atoms with E-state index in [1.165, 1.54) is 7.11 Å². The number of likely N-dealkylation sites (tertiary alicyclic amines) is 1. The molecule has 1 aromatic heterocycles. The third-order valence-electron chi connectivity index (χ3n) is 4.57. The van der Waals surface area contributed by atoms with Crippen molar-refractivity contribution >= 4 is 11.8 Å². The van der Waals surface area contributed by atoms with Crippen LogP contribution < -0.4 is 0 Å². The lowest BCUT2D eigenvalue weighted by Crippen LogP contribution is -2.46. The van der Waals surface area contributed by atoms with Crippen molar-refractivity contribution in [3.8, 4) is 0 Å². The van der Waals surface area contributed by atoms with Gasteiger partial charge in [0.1, 0.15) is 6.61 Å². The number of hydrogen-bond donors (Lipinski definition) is 1. The maximum atomic E-state index is 12.8. The molecule has 25 heavy (non-hydrogen) atoms. The fourth-order valence-electron chi connectivity index (χ4n) is 3.09. The van der Waals surface area contributed by atoms with Gasteiger partial charge in [-0.3, -0.25) is 14.7 Å². The van der Waals surface area contributed by atoms with Gasteiger partial charge in [0.2, 0.25) is 11.8 Å². The van der Waals surface area contributed by atoms with Crippen molar-refractivity contribution in [1.29, 1.82) is 0 Å². The molecule has 0 aromatic carbocycles. The molecule has 0 radical (unpaired) electrons. The highest BCUT2D eigenvalue weighted by Gasteiger charge is 2.30. The monoisotopic (exact) mass is 350 g/mol. The van der Waals surface area contributed by atoms with Gasteiger partial charge in [-0.05, 0) is 18.9 Å². The highest BCUT2D eigenvalue weighted by atomic mass is 16.5. The zero-order valence-corrected chi connectivity index (χ0v) is 16.0. The first-order valence-electron chi connectivity index (χ1n) is 8.79. The molecule has 0 saturated carbocycles. The molecule has 7 heteroatoms. The Hall–Kier alpha value is -1.89. The van der Waals surface area contributed by atoms with E-state index in [-0.39, 0.29) is 29.8 Å². The summed E-state index contributed by atoms with van der Waals surface area (Å²) in [6, 6.07) is 2.01. The maximum absolute atomic E-state index is 12.8. The van der Waals surface area contributed by atoms with Gasteiger partial charge in [0.25, 0.3) is 0 Å². The number of nitrogens with zero attached hydrogens (tertiary/aromatic N) is 3. The van der Waals surface area contributed by atoms with E-state index < -0.39 is 0 Å². The van der Waals surface area contributed by atoms with E-state index in [0.29, 0.717) is 19.6 Å². The summed E-state index contributed by atoms with van der Waals surface area (Å²) >= 11 is 0. The fourth-order valence-corrected chi connectivity index (χ4v) is 3.09. The van der Waals surface area contributed by atoms with Gasteiger partial charge in [-0.15, -0.1) is 0 Å². The Morgan fingerprint density at radius 3 is 2.76 bits per heavy atom. The Bertz CT molecular complexity index is 606. The van der Waals surface area contributed by atoms with E-state index in [1.807, 2.05) is 6.07 Å². The SMILES string of the molecule is COCC(=O)N1CCCC(C(=O)N(C)Cc2cc(C(C)(C)C)n[nH]2)C1. The molecular weight excluding hydrogens is 320 g/mol. The highest BCUT2D eigenvalue weighted by Crippen LogP contribution is 2.22. The van der Waals surface area contributed by atoms with Crippen LogP contribution in [0, 0.1) is 5.92 Å². The normalized spacial score (nSPS) is 18.3. The molecule has 1 N–H and O–H groups in total. The summed E-state index contributed by atoms with van der Waals surface area (Å²) in [6.07, 6.45) is 1.66. The van der Waals surface area contributed by atoms with Crippen LogP contribution in [0.3, 0.4) is 0 Å². The number of carbonyl (C=O) groups excluding carboxylic acids is 2. The quantitative estimate of drug-likeness (QED) is 0.874. The second kappa shape index (κ2) is 7.99. The van der Waals surface area contributed by atoms with Crippen molar-refractivity contribution < 1.29 is 14.3 Å². The number of nitrogens with one attached hydrogen (secondary N) is 1. The molecule has 1 aliphatic rings. The van der Waals surface area contributed by atoms with Crippen LogP contribution in [0.2, 0.25) is 0 Å². The van der Waals surface area contributed by atoms with Crippen LogP contribution in [-0.4, -0.2) is 65.7 Å². The number of aromatic nitrogens is 2. The lowest BCUT2D eigenvalue weighted by molar-refractivity contribution is -0.142. The standard InChI is InChI=1S/C18H30N4O3/c1-18(2,3)15-9-14(19-20-15)11-21(4)17(24)13-7-6-8-22(10-13)16(23)12-25-5/h9,13H,6-8,10-12H2,1-5H3,(H,19,20). The molecule has 1 fully saturated rings. The van der Waals surface area contributed by atoms with Crippen molar-refractivity contribution in [2.45, 2.75) is 45.6 Å². The molecular formula is C18H30N4O3. The molecule has 140 valence electrons. The molecule has 0 spiro atoms. The largest absolute Gasteiger partial charge is 0.375 e. The number of amides is 2. The third-order valence-corrected chi connectivity index (χ3v) is 4.57. The smallest absolute Gasteiger partial charge is 0.248 e. The second-order valence-corrected chi connectivity index (χ2v) is 7.83. The number of rotatable bonds is 5. The van der Waals surface area contributed by atoms with Gasteiger partial charge in [-0.25, -0.2) is 0 Å². The predicted octanol–water partition coefficient (Wildman–Crippen LogP) is 1.55. The van der Waals surface area contributed by atoms with Crippen molar-refractivity contribution in [3.63, 3.8) is 0 Å². The molecule has 2 amide bonds. The number of ether oxygens (including phenoxy) is 1. The van der Waals surface area contributed by atoms with Crippen molar-refractivity contribution in [2.75, 3.05) is 33.9 Å². The second-order valence-electron chi connectivity index (χ2n) is 7.83. The minimum Gasteiger partial charge on any atom is -0.375 e. The van der Waals surface area contributed by atoms with Crippen molar-refractivity contribution in [1.82, 2.24) is 20.0 Å². The summed E-state index contributed by atoms with van der Waals surface area (Å²) in [5, 5.41) is 7.36. The Balaban J connectivity index is 1.95. The molecule has 2 rings (SSSR count). The Morgan fingerprint density at radius 1 is 1.44 bits per heavy atom. The lowest BCUT2D eigenvalue weighted by Gasteiger charge is -2.33. The van der Waals surface area contributed by atoms with E-state index >= 15 is 0 Å². The van der Waals surface area contributed by atoms with Crippen LogP contribution in [0.1, 0.15) is 45.0 Å². The molecule has 0 bridgehead atoms. The third kappa shape index (κ3) is 5.04. The van der Waals surface area contributed by atoms with Gasteiger partial charge in [-0.1, -0.05) is 20.8 Å². The summed E-state index contributed by atoms with van der Waals surface area (Å²) in [6.45, 7) is 8.05. The number of H-pyrrole nitrogens is 1. The summed E-state index contributed by atoms with van der Waals surface area (Å²) in [7, 11) is 3.31. The number of piperidine rings is 1. The fraction of sp³-hybridized carbons (Fsp3) is 0.722. The predicted molar refractivity (Wildman–Crippen MR) is 94.9 cm³/mol. The van der Waals surface area contributed by atoms with Gasteiger partial charge in [-0.2, -0.15) is 5.10 Å². The topological polar surface area (TPSA) is 78.5 Å². The van der Waals surface area contributed by atoms with Crippen molar-refractivity contribution in [2.24, 2.45) is 5.92 Å². The molecule has 2 heterocycles. The minimum atomic E-state index is -0.149. The average molecular weight is 350 g/mol. The summed E-state index contributed by atoms with van der Waals surface area (Å²) in [5.41, 5.74) is 1.88. The van der Waals surface area contributed by atoms with E-state index in [9.17, 15) is 9.59 Å². The maximum Gasteiger partial charge on any atom is 0.248 e. The Labute approximate surface area is 149 Å². The van der Waals surface area contributed by atoms with E-state index in [2.05, 4.69) is 31.0 Å². The van der Waals surface area contributed by atoms with Gasteiger partial charge >= 0.3 is 0 Å². The van der Waals surface area contributed by atoms with Gasteiger partial charge in [0, 0.05) is 32.7 Å². The van der Waals surface area contributed by atoms with Gasteiger partial charge < -0.3 is 14.5 Å². The van der Waals surface area contributed by atoms with Gasteiger partial charge in [0.15, 0.2) is 0 Å². The average Bonchev–Trinajstić information content (AvgIpc) is 3.03. The van der Waals surface area contributed by atoms with Crippen LogP contribution in [0.25, 0.3) is 0 Å². The van der Waals surface area contributed by atoms with Crippen LogP contribution in [0.5, 0.6) is 0 Å². The summed E-state index contributed by atoms with van der Waals surface area (Å²) in [5.74, 6) is -0.127. The molecule has 1 atom stereocenters. The summed E-state index contributed by atoms with van der Waals surface area (Å²) in [4.78, 5) is 28.2. The zero-order valence-electron chi connectivity index (χ0n) is 16.0. The number of aromatic amines is 1. The van der Waals surface area contributed by atoms with Crippen LogP contribution in [-0.2, 0) is 26.3 Å². The highest BCUT2D eigenvalue weighted by molar-refractivity contribution is 5.81. The first-order valence-corrected chi connectivity index (χ1v) is 8.79. The van der Waals surface area contributed by atoms with Crippen LogP contribution in [0.4, 0.5) is 0 Å². The van der Waals surface area contributed by atoms with E-state index in [0.717, 1.165) is 24.2 Å². The molecule has 0 aliphatic carbocycles. The molecule has 7 nitrogen and oxygen atoms in total. The lowest BCUT2D eigenvalue weighted by atomic mass is 9.92. The zero-order chi connectivity index (χ0) is 18.6. The van der Waals surface area contributed by atoms with E-state index in [1.54, 1.807) is 16.8 Å². The molecule has 1 aromatic rings. The first kappa shape index (κ1) is 19.4. The minimum absolute atomic E-state index is 0.0249. The first-order chi connectivity index (χ1) is 11.7. The van der Waals surface area contributed by atoms with Crippen LogP contribution >= 0.6 is 0 Å². The summed E-state index contributed by atoms with van der Waals surface area (Å²) < 4.78 is 4.91. The number of hydrogen-bond acceptors (Lipinski definition) is 4. The van der Waals surface area contributed by atoms with Crippen LogP contribution in [0.15, 0.2) is 6.07 Å². The Morgan fingerprint density at radius 2 is 2.16 bits per heavy atom. The number of methoxy groups -OCH3 is 1. The van der Waals surface area contributed by atoms with Crippen molar-refractivity contribution in [3.05, 3.63) is 17.5 Å². The molecule has 1 aliphatic heterocycles. The molecule has 1 saturated heterocycles. The van der Waals surface area contributed by atoms with Gasteiger partial charge in [0.05, 0.1) is 23.9 Å². The van der Waals surface area contributed by atoms with E-state index in [4.69, 9.17) is 4.74 Å². The Kier molecular flexibility index (Phi) is 6.21. The number of carbonyl (C=O) groups is 2.